The Morgan fingerprint density at radius 2 is 1.73 bits per heavy atom. The predicted octanol–water partition coefficient (Wildman–Crippen LogP) is 6.23. The maximum absolute atomic E-state index is 12.5. The smallest absolute Gasteiger partial charge is 0.234 e. The van der Waals surface area contributed by atoms with E-state index in [1.807, 2.05) is 72.2 Å². The van der Waals surface area contributed by atoms with Crippen LogP contribution in [0.2, 0.25) is 10.0 Å². The van der Waals surface area contributed by atoms with Crippen LogP contribution < -0.4 is 10.6 Å². The molecule has 0 saturated carbocycles. The van der Waals surface area contributed by atoms with E-state index in [1.54, 1.807) is 12.1 Å². The number of benzene rings is 3. The molecule has 0 atom stereocenters. The fourth-order valence-electron chi connectivity index (χ4n) is 3.16. The fraction of sp³-hybridized carbons (Fsp3) is 0.125. The molecule has 1 heterocycles. The summed E-state index contributed by atoms with van der Waals surface area (Å²) < 4.78 is 1.94. The van der Waals surface area contributed by atoms with Crippen molar-refractivity contribution in [3.05, 3.63) is 94.2 Å². The van der Waals surface area contributed by atoms with E-state index in [0.717, 1.165) is 22.6 Å². The van der Waals surface area contributed by atoms with E-state index in [9.17, 15) is 4.79 Å². The molecule has 9 heteroatoms. The number of thioether (sulfide) groups is 1. The second-order valence-corrected chi connectivity index (χ2v) is 8.96. The first-order valence-corrected chi connectivity index (χ1v) is 11.9. The standard InChI is InChI=1S/C24H21Cl2N5OS/c1-16-7-5-6-10-21(16)28-23(32)15-33-24-30-29-22(31(24)18-8-3-2-4-9-18)14-27-17-11-12-19(25)20(26)13-17/h2-13,27H,14-15H2,1H3,(H,28,32). The first-order chi connectivity index (χ1) is 16.0. The highest BCUT2D eigenvalue weighted by Crippen LogP contribution is 2.26. The van der Waals surface area contributed by atoms with E-state index in [0.29, 0.717) is 27.6 Å². The van der Waals surface area contributed by atoms with Crippen LogP contribution in [-0.4, -0.2) is 26.4 Å². The van der Waals surface area contributed by atoms with Crippen molar-refractivity contribution in [2.24, 2.45) is 0 Å². The number of aromatic nitrogens is 3. The third-order valence-corrected chi connectivity index (χ3v) is 6.50. The number of hydrogen-bond donors (Lipinski definition) is 2. The van der Waals surface area contributed by atoms with Gasteiger partial charge in [-0.2, -0.15) is 0 Å². The average Bonchev–Trinajstić information content (AvgIpc) is 3.23. The van der Waals surface area contributed by atoms with Crippen LogP contribution in [-0.2, 0) is 11.3 Å². The molecule has 0 unspecified atom stereocenters. The topological polar surface area (TPSA) is 71.8 Å². The Morgan fingerprint density at radius 3 is 2.48 bits per heavy atom. The molecule has 1 aromatic heterocycles. The molecule has 0 bridgehead atoms. The maximum atomic E-state index is 12.5. The van der Waals surface area contributed by atoms with Gasteiger partial charge in [0.1, 0.15) is 0 Å². The molecule has 168 valence electrons. The Morgan fingerprint density at radius 1 is 0.970 bits per heavy atom. The van der Waals surface area contributed by atoms with Crippen molar-refractivity contribution in [2.75, 3.05) is 16.4 Å². The quantitative estimate of drug-likeness (QED) is 0.282. The zero-order valence-corrected chi connectivity index (χ0v) is 20.1. The normalized spacial score (nSPS) is 10.8. The average molecular weight is 498 g/mol. The van der Waals surface area contributed by atoms with Crippen molar-refractivity contribution in [3.63, 3.8) is 0 Å². The van der Waals surface area contributed by atoms with Crippen LogP contribution in [0.5, 0.6) is 0 Å². The molecule has 4 aromatic rings. The SMILES string of the molecule is Cc1ccccc1NC(=O)CSc1nnc(CNc2ccc(Cl)c(Cl)c2)n1-c1ccccc1. The first kappa shape index (κ1) is 23.2. The first-order valence-electron chi connectivity index (χ1n) is 10.2. The minimum absolute atomic E-state index is 0.104. The van der Waals surface area contributed by atoms with Crippen molar-refractivity contribution >= 4 is 52.2 Å². The van der Waals surface area contributed by atoms with Gasteiger partial charge in [0.25, 0.3) is 0 Å². The van der Waals surface area contributed by atoms with Crippen LogP contribution in [0.15, 0.2) is 78.0 Å². The summed E-state index contributed by atoms with van der Waals surface area (Å²) in [6.07, 6.45) is 0. The number of carbonyl (C=O) groups excluding carboxylic acids is 1. The highest BCUT2D eigenvalue weighted by Gasteiger charge is 2.16. The molecule has 0 aliphatic heterocycles. The van der Waals surface area contributed by atoms with Crippen molar-refractivity contribution in [2.45, 2.75) is 18.6 Å². The number of carbonyl (C=O) groups is 1. The molecule has 0 spiro atoms. The van der Waals surface area contributed by atoms with E-state index in [4.69, 9.17) is 23.2 Å². The lowest BCUT2D eigenvalue weighted by Gasteiger charge is -2.12. The molecule has 0 aliphatic carbocycles. The van der Waals surface area contributed by atoms with Crippen LogP contribution in [0.4, 0.5) is 11.4 Å². The lowest BCUT2D eigenvalue weighted by Crippen LogP contribution is -2.15. The minimum Gasteiger partial charge on any atom is -0.378 e. The van der Waals surface area contributed by atoms with Crippen LogP contribution in [0.1, 0.15) is 11.4 Å². The van der Waals surface area contributed by atoms with Gasteiger partial charge in [0, 0.05) is 17.1 Å². The largest absolute Gasteiger partial charge is 0.378 e. The van der Waals surface area contributed by atoms with Crippen molar-refractivity contribution in [1.29, 1.82) is 0 Å². The maximum Gasteiger partial charge on any atom is 0.234 e. The summed E-state index contributed by atoms with van der Waals surface area (Å²) in [5.41, 5.74) is 3.55. The number of para-hydroxylation sites is 2. The van der Waals surface area contributed by atoms with Gasteiger partial charge < -0.3 is 10.6 Å². The Labute approximate surface area is 206 Å². The summed E-state index contributed by atoms with van der Waals surface area (Å²) in [6, 6.07) is 22.8. The predicted molar refractivity (Wildman–Crippen MR) is 136 cm³/mol. The second-order valence-electron chi connectivity index (χ2n) is 7.20. The third kappa shape index (κ3) is 5.87. The van der Waals surface area contributed by atoms with Gasteiger partial charge in [0.2, 0.25) is 5.91 Å². The number of anilines is 2. The summed E-state index contributed by atoms with van der Waals surface area (Å²) in [5, 5.41) is 16.6. The lowest BCUT2D eigenvalue weighted by molar-refractivity contribution is -0.113. The second kappa shape index (κ2) is 10.7. The monoisotopic (exact) mass is 497 g/mol. The Bertz CT molecular complexity index is 1260. The highest BCUT2D eigenvalue weighted by molar-refractivity contribution is 7.99. The van der Waals surface area contributed by atoms with E-state index in [2.05, 4.69) is 20.8 Å². The van der Waals surface area contributed by atoms with Crippen LogP contribution in [0.25, 0.3) is 5.69 Å². The number of hydrogen-bond acceptors (Lipinski definition) is 5. The molecular formula is C24H21Cl2N5OS. The number of rotatable bonds is 8. The molecular weight excluding hydrogens is 477 g/mol. The number of amides is 1. The summed E-state index contributed by atoms with van der Waals surface area (Å²) in [6.45, 7) is 2.37. The van der Waals surface area contributed by atoms with E-state index < -0.39 is 0 Å². The van der Waals surface area contributed by atoms with E-state index in [1.165, 1.54) is 11.8 Å². The molecule has 6 nitrogen and oxygen atoms in total. The zero-order valence-electron chi connectivity index (χ0n) is 17.8. The molecule has 0 fully saturated rings. The number of nitrogens with zero attached hydrogens (tertiary/aromatic N) is 3. The molecule has 0 saturated heterocycles. The van der Waals surface area contributed by atoms with Gasteiger partial charge >= 0.3 is 0 Å². The molecule has 0 aliphatic rings. The van der Waals surface area contributed by atoms with Gasteiger partial charge in [-0.1, -0.05) is 71.4 Å². The molecule has 1 amide bonds. The van der Waals surface area contributed by atoms with Gasteiger partial charge in [-0.15, -0.1) is 10.2 Å². The number of aryl methyl sites for hydroxylation is 1. The van der Waals surface area contributed by atoms with Crippen LogP contribution in [0.3, 0.4) is 0 Å². The Hall–Kier alpha value is -3.00. The minimum atomic E-state index is -0.104. The summed E-state index contributed by atoms with van der Waals surface area (Å²) in [5.74, 6) is 0.806. The van der Waals surface area contributed by atoms with Gasteiger partial charge in [-0.05, 0) is 48.9 Å². The molecule has 3 aromatic carbocycles. The zero-order chi connectivity index (χ0) is 23.2. The molecule has 0 radical (unpaired) electrons. The summed E-state index contributed by atoms with van der Waals surface area (Å²) in [4.78, 5) is 12.5. The summed E-state index contributed by atoms with van der Waals surface area (Å²) >= 11 is 13.5. The van der Waals surface area contributed by atoms with Crippen molar-refractivity contribution in [3.8, 4) is 5.69 Å². The molecule has 4 rings (SSSR count). The summed E-state index contributed by atoms with van der Waals surface area (Å²) in [7, 11) is 0. The van der Waals surface area contributed by atoms with Crippen molar-refractivity contribution < 1.29 is 4.79 Å². The molecule has 33 heavy (non-hydrogen) atoms. The van der Waals surface area contributed by atoms with E-state index >= 15 is 0 Å². The molecule has 2 N–H and O–H groups in total. The number of nitrogens with one attached hydrogen (secondary N) is 2. The lowest BCUT2D eigenvalue weighted by atomic mass is 10.2. The van der Waals surface area contributed by atoms with E-state index in [-0.39, 0.29) is 11.7 Å². The Kier molecular flexibility index (Phi) is 7.54. The van der Waals surface area contributed by atoms with Crippen molar-refractivity contribution in [1.82, 2.24) is 14.8 Å². The number of halogens is 2. The third-order valence-electron chi connectivity index (χ3n) is 4.84. The fourth-order valence-corrected chi connectivity index (χ4v) is 4.23. The van der Waals surface area contributed by atoms with Gasteiger partial charge in [0.05, 0.1) is 22.3 Å². The van der Waals surface area contributed by atoms with Gasteiger partial charge in [-0.3, -0.25) is 9.36 Å². The highest BCUT2D eigenvalue weighted by atomic mass is 35.5. The van der Waals surface area contributed by atoms with Gasteiger partial charge in [0.15, 0.2) is 11.0 Å². The Balaban J connectivity index is 1.50. The van der Waals surface area contributed by atoms with Crippen LogP contribution >= 0.6 is 35.0 Å². The van der Waals surface area contributed by atoms with Crippen LogP contribution in [0, 0.1) is 6.92 Å². The van der Waals surface area contributed by atoms with Gasteiger partial charge in [-0.25, -0.2) is 0 Å².